The molecule has 1 aromatic heterocycles. The zero-order valence-corrected chi connectivity index (χ0v) is 12.8. The minimum atomic E-state index is 0.126. The average molecular weight is 304 g/mol. The Morgan fingerprint density at radius 3 is 3.14 bits per heavy atom. The van der Waals surface area contributed by atoms with Crippen molar-refractivity contribution in [3.8, 4) is 11.8 Å². The van der Waals surface area contributed by atoms with Crippen LogP contribution < -0.4 is 5.73 Å². The van der Waals surface area contributed by atoms with Gasteiger partial charge in [0.2, 0.25) is 0 Å². The van der Waals surface area contributed by atoms with Gasteiger partial charge in [-0.25, -0.2) is 0 Å². The standard InChI is InChI=1S/C16H20N2O2S/c17-9-3-4-12-7-8-15(21-12)16(19)18-10-11-20-14-6-2-1-5-13(14)18/h7-8,13-14H,1-2,5-6,9-11,17H2. The third kappa shape index (κ3) is 3.13. The lowest BCUT2D eigenvalue weighted by molar-refractivity contribution is -0.0751. The number of rotatable bonds is 1. The van der Waals surface area contributed by atoms with E-state index in [1.807, 2.05) is 17.0 Å². The fourth-order valence-corrected chi connectivity index (χ4v) is 3.99. The molecule has 2 fully saturated rings. The Morgan fingerprint density at radius 2 is 2.29 bits per heavy atom. The summed E-state index contributed by atoms with van der Waals surface area (Å²) in [5, 5.41) is 0. The normalized spacial score (nSPS) is 24.9. The van der Waals surface area contributed by atoms with Gasteiger partial charge in [0.15, 0.2) is 0 Å². The maximum absolute atomic E-state index is 12.7. The summed E-state index contributed by atoms with van der Waals surface area (Å²) >= 11 is 1.45. The van der Waals surface area contributed by atoms with Crippen LogP contribution in [0.1, 0.15) is 40.2 Å². The summed E-state index contributed by atoms with van der Waals surface area (Å²) in [4.78, 5) is 16.4. The molecule has 2 aliphatic rings. The molecule has 1 amide bonds. The molecular weight excluding hydrogens is 284 g/mol. The maximum atomic E-state index is 12.7. The second-order valence-electron chi connectivity index (χ2n) is 5.43. The highest BCUT2D eigenvalue weighted by molar-refractivity contribution is 7.14. The van der Waals surface area contributed by atoms with Gasteiger partial charge in [-0.05, 0) is 25.0 Å². The van der Waals surface area contributed by atoms with Crippen LogP contribution in [0, 0.1) is 11.8 Å². The van der Waals surface area contributed by atoms with Crippen molar-refractivity contribution in [2.45, 2.75) is 37.8 Å². The SMILES string of the molecule is NCC#Cc1ccc(C(=O)N2CCOC3CCCCC32)s1. The van der Waals surface area contributed by atoms with Crippen molar-refractivity contribution in [2.24, 2.45) is 5.73 Å². The number of carbonyl (C=O) groups excluding carboxylic acids is 1. The van der Waals surface area contributed by atoms with E-state index >= 15 is 0 Å². The zero-order valence-electron chi connectivity index (χ0n) is 12.0. The van der Waals surface area contributed by atoms with Gasteiger partial charge in [0, 0.05) is 6.54 Å². The lowest BCUT2D eigenvalue weighted by Gasteiger charge is -2.43. The third-order valence-corrected chi connectivity index (χ3v) is 5.11. The number of amides is 1. The van der Waals surface area contributed by atoms with Gasteiger partial charge in [0.1, 0.15) is 0 Å². The van der Waals surface area contributed by atoms with E-state index in [4.69, 9.17) is 10.5 Å². The topological polar surface area (TPSA) is 55.6 Å². The van der Waals surface area contributed by atoms with Crippen LogP contribution in [0.25, 0.3) is 0 Å². The molecule has 5 heteroatoms. The maximum Gasteiger partial charge on any atom is 0.264 e. The molecule has 2 atom stereocenters. The summed E-state index contributed by atoms with van der Waals surface area (Å²) in [6.07, 6.45) is 4.76. The van der Waals surface area contributed by atoms with Gasteiger partial charge in [-0.1, -0.05) is 24.7 Å². The van der Waals surface area contributed by atoms with Crippen LogP contribution in [0.3, 0.4) is 0 Å². The van der Waals surface area contributed by atoms with Gasteiger partial charge in [-0.3, -0.25) is 4.79 Å². The van der Waals surface area contributed by atoms with Gasteiger partial charge in [-0.2, -0.15) is 0 Å². The molecule has 1 aliphatic heterocycles. The predicted molar refractivity (Wildman–Crippen MR) is 83.3 cm³/mol. The van der Waals surface area contributed by atoms with Crippen molar-refractivity contribution in [2.75, 3.05) is 19.7 Å². The summed E-state index contributed by atoms with van der Waals surface area (Å²) < 4.78 is 5.83. The Balaban J connectivity index is 1.75. The lowest BCUT2D eigenvalue weighted by Crippen LogP contribution is -2.54. The molecule has 112 valence electrons. The zero-order chi connectivity index (χ0) is 14.7. The molecule has 0 bridgehead atoms. The first-order valence-electron chi connectivity index (χ1n) is 7.51. The van der Waals surface area contributed by atoms with E-state index in [2.05, 4.69) is 11.8 Å². The number of hydrogen-bond donors (Lipinski definition) is 1. The van der Waals surface area contributed by atoms with Crippen LogP contribution in [0.4, 0.5) is 0 Å². The quantitative estimate of drug-likeness (QED) is 0.806. The van der Waals surface area contributed by atoms with E-state index in [-0.39, 0.29) is 18.1 Å². The first-order chi connectivity index (χ1) is 10.3. The number of carbonyl (C=O) groups is 1. The minimum Gasteiger partial charge on any atom is -0.374 e. The molecule has 0 spiro atoms. The van der Waals surface area contributed by atoms with E-state index in [9.17, 15) is 4.79 Å². The first kappa shape index (κ1) is 14.6. The van der Waals surface area contributed by atoms with E-state index in [1.54, 1.807) is 0 Å². The van der Waals surface area contributed by atoms with Gasteiger partial charge < -0.3 is 15.4 Å². The van der Waals surface area contributed by atoms with Crippen LogP contribution in [0.5, 0.6) is 0 Å². The predicted octanol–water partition coefficient (Wildman–Crippen LogP) is 1.84. The molecule has 1 saturated carbocycles. The molecule has 21 heavy (non-hydrogen) atoms. The smallest absolute Gasteiger partial charge is 0.264 e. The number of ether oxygens (including phenoxy) is 1. The largest absolute Gasteiger partial charge is 0.374 e. The van der Waals surface area contributed by atoms with Crippen molar-refractivity contribution < 1.29 is 9.53 Å². The number of nitrogens with two attached hydrogens (primary N) is 1. The summed E-state index contributed by atoms with van der Waals surface area (Å²) in [5.74, 6) is 5.94. The Bertz CT molecular complexity index is 570. The van der Waals surface area contributed by atoms with Gasteiger partial charge in [0.25, 0.3) is 5.91 Å². The van der Waals surface area contributed by atoms with Crippen molar-refractivity contribution in [3.63, 3.8) is 0 Å². The molecule has 1 aromatic rings. The monoisotopic (exact) mass is 304 g/mol. The Hall–Kier alpha value is -1.35. The number of morpholine rings is 1. The molecule has 0 radical (unpaired) electrons. The number of nitrogens with zero attached hydrogens (tertiary/aromatic N) is 1. The fraction of sp³-hybridized carbons (Fsp3) is 0.562. The van der Waals surface area contributed by atoms with E-state index < -0.39 is 0 Å². The first-order valence-corrected chi connectivity index (χ1v) is 8.32. The Labute approximate surface area is 129 Å². The summed E-state index contributed by atoms with van der Waals surface area (Å²) in [5.41, 5.74) is 5.38. The van der Waals surface area contributed by atoms with Crippen LogP contribution in [-0.2, 0) is 4.74 Å². The van der Waals surface area contributed by atoms with Crippen molar-refractivity contribution >= 4 is 17.2 Å². The summed E-state index contributed by atoms with van der Waals surface area (Å²) in [6, 6.07) is 4.03. The van der Waals surface area contributed by atoms with Crippen LogP contribution in [0.15, 0.2) is 12.1 Å². The molecule has 0 aromatic carbocycles. The molecule has 1 saturated heterocycles. The second kappa shape index (κ2) is 6.61. The van der Waals surface area contributed by atoms with Crippen LogP contribution in [-0.4, -0.2) is 42.6 Å². The lowest BCUT2D eigenvalue weighted by atomic mass is 9.90. The molecule has 1 aliphatic carbocycles. The van der Waals surface area contributed by atoms with E-state index in [0.29, 0.717) is 19.7 Å². The van der Waals surface area contributed by atoms with Crippen LogP contribution >= 0.6 is 11.3 Å². The molecule has 2 unspecified atom stereocenters. The highest BCUT2D eigenvalue weighted by atomic mass is 32.1. The molecule has 2 heterocycles. The fourth-order valence-electron chi connectivity index (χ4n) is 3.15. The second-order valence-corrected chi connectivity index (χ2v) is 6.51. The molecular formula is C16H20N2O2S. The van der Waals surface area contributed by atoms with Gasteiger partial charge in [-0.15, -0.1) is 11.3 Å². The van der Waals surface area contributed by atoms with Crippen LogP contribution in [0.2, 0.25) is 0 Å². The van der Waals surface area contributed by atoms with Gasteiger partial charge >= 0.3 is 0 Å². The van der Waals surface area contributed by atoms with Gasteiger partial charge in [0.05, 0.1) is 35.1 Å². The Morgan fingerprint density at radius 1 is 1.43 bits per heavy atom. The number of fused-ring (bicyclic) bond motifs is 1. The highest BCUT2D eigenvalue weighted by Gasteiger charge is 2.37. The van der Waals surface area contributed by atoms with Crippen molar-refractivity contribution in [3.05, 3.63) is 21.9 Å². The van der Waals surface area contributed by atoms with E-state index in [1.165, 1.54) is 24.2 Å². The Kier molecular flexibility index (Phi) is 4.59. The molecule has 4 nitrogen and oxygen atoms in total. The highest BCUT2D eigenvalue weighted by Crippen LogP contribution is 2.30. The number of hydrogen-bond acceptors (Lipinski definition) is 4. The molecule has 3 rings (SSSR count). The number of thiophene rings is 1. The summed E-state index contributed by atoms with van der Waals surface area (Å²) in [7, 11) is 0. The summed E-state index contributed by atoms with van der Waals surface area (Å²) in [6.45, 7) is 1.69. The van der Waals surface area contributed by atoms with Crippen molar-refractivity contribution in [1.82, 2.24) is 4.90 Å². The molecule has 2 N–H and O–H groups in total. The van der Waals surface area contributed by atoms with E-state index in [0.717, 1.165) is 22.6 Å². The van der Waals surface area contributed by atoms with Crippen molar-refractivity contribution in [1.29, 1.82) is 0 Å². The minimum absolute atomic E-state index is 0.126. The third-order valence-electron chi connectivity index (χ3n) is 4.12. The average Bonchev–Trinajstić information content (AvgIpc) is 3.00.